The monoisotopic (exact) mass is 321 g/mol. The average molecular weight is 322 g/mol. The SMILES string of the molecule is CC(N[C@@H](C)c1ccccc1)c1ccc(F)c(Br)c1. The van der Waals surface area contributed by atoms with Gasteiger partial charge in [-0.2, -0.15) is 0 Å². The van der Waals surface area contributed by atoms with Gasteiger partial charge >= 0.3 is 0 Å². The molecule has 0 saturated heterocycles. The summed E-state index contributed by atoms with van der Waals surface area (Å²) in [6.45, 7) is 4.21. The van der Waals surface area contributed by atoms with Gasteiger partial charge < -0.3 is 5.32 Å². The van der Waals surface area contributed by atoms with E-state index in [0.29, 0.717) is 4.47 Å². The van der Waals surface area contributed by atoms with E-state index < -0.39 is 0 Å². The molecule has 0 aliphatic heterocycles. The van der Waals surface area contributed by atoms with Crippen molar-refractivity contribution in [1.29, 1.82) is 0 Å². The van der Waals surface area contributed by atoms with Crippen LogP contribution in [0.25, 0.3) is 0 Å². The second-order valence-electron chi connectivity index (χ2n) is 4.69. The first-order chi connectivity index (χ1) is 9.08. The second kappa shape index (κ2) is 6.31. The Morgan fingerprint density at radius 2 is 1.58 bits per heavy atom. The predicted molar refractivity (Wildman–Crippen MR) is 80.5 cm³/mol. The van der Waals surface area contributed by atoms with Crippen LogP contribution in [0.5, 0.6) is 0 Å². The summed E-state index contributed by atoms with van der Waals surface area (Å²) in [7, 11) is 0. The fourth-order valence-corrected chi connectivity index (χ4v) is 2.49. The van der Waals surface area contributed by atoms with Crippen molar-refractivity contribution in [3.05, 3.63) is 69.9 Å². The Kier molecular flexibility index (Phi) is 4.72. The minimum Gasteiger partial charge on any atom is -0.304 e. The maximum atomic E-state index is 13.2. The van der Waals surface area contributed by atoms with Crippen LogP contribution in [0.2, 0.25) is 0 Å². The molecule has 2 aromatic carbocycles. The standard InChI is InChI=1S/C16H17BrFN/c1-11(13-6-4-3-5-7-13)19-12(2)14-8-9-16(18)15(17)10-14/h3-12,19H,1-2H3/t11-,12?/m0/s1. The Morgan fingerprint density at radius 3 is 2.21 bits per heavy atom. The third kappa shape index (κ3) is 3.64. The van der Waals surface area contributed by atoms with E-state index in [-0.39, 0.29) is 17.9 Å². The van der Waals surface area contributed by atoms with Crippen LogP contribution in [0.15, 0.2) is 53.0 Å². The van der Waals surface area contributed by atoms with Crippen LogP contribution in [0.1, 0.15) is 37.1 Å². The highest BCUT2D eigenvalue weighted by atomic mass is 79.9. The summed E-state index contributed by atoms with van der Waals surface area (Å²) in [4.78, 5) is 0. The van der Waals surface area contributed by atoms with Crippen molar-refractivity contribution in [2.45, 2.75) is 25.9 Å². The molecule has 0 aromatic heterocycles. The maximum Gasteiger partial charge on any atom is 0.137 e. The molecule has 0 spiro atoms. The molecule has 19 heavy (non-hydrogen) atoms. The normalized spacial score (nSPS) is 14.1. The van der Waals surface area contributed by atoms with Gasteiger partial charge in [0.15, 0.2) is 0 Å². The molecule has 0 fully saturated rings. The van der Waals surface area contributed by atoms with Crippen molar-refractivity contribution in [3.8, 4) is 0 Å². The molecule has 0 heterocycles. The topological polar surface area (TPSA) is 12.0 Å². The van der Waals surface area contributed by atoms with Gasteiger partial charge in [-0.1, -0.05) is 36.4 Å². The highest BCUT2D eigenvalue weighted by Crippen LogP contribution is 2.23. The first-order valence-corrected chi connectivity index (χ1v) is 7.13. The van der Waals surface area contributed by atoms with Crippen LogP contribution in [0, 0.1) is 5.82 Å². The minimum atomic E-state index is -0.230. The lowest BCUT2D eigenvalue weighted by Gasteiger charge is -2.21. The molecule has 2 atom stereocenters. The van der Waals surface area contributed by atoms with Gasteiger partial charge in [0.1, 0.15) is 5.82 Å². The van der Waals surface area contributed by atoms with E-state index in [1.165, 1.54) is 11.6 Å². The van der Waals surface area contributed by atoms with Crippen LogP contribution in [0.4, 0.5) is 4.39 Å². The van der Waals surface area contributed by atoms with Crippen molar-refractivity contribution in [3.63, 3.8) is 0 Å². The lowest BCUT2D eigenvalue weighted by Crippen LogP contribution is -2.22. The summed E-state index contributed by atoms with van der Waals surface area (Å²) in [5.74, 6) is -0.230. The van der Waals surface area contributed by atoms with Crippen molar-refractivity contribution in [1.82, 2.24) is 5.32 Å². The summed E-state index contributed by atoms with van der Waals surface area (Å²) >= 11 is 3.22. The molecule has 0 aliphatic carbocycles. The largest absolute Gasteiger partial charge is 0.304 e. The van der Waals surface area contributed by atoms with Gasteiger partial charge in [0.2, 0.25) is 0 Å². The molecule has 3 heteroatoms. The molecular formula is C16H17BrFN. The smallest absolute Gasteiger partial charge is 0.137 e. The number of hydrogen-bond acceptors (Lipinski definition) is 1. The van der Waals surface area contributed by atoms with E-state index in [9.17, 15) is 4.39 Å². The van der Waals surface area contributed by atoms with Crippen LogP contribution < -0.4 is 5.32 Å². The average Bonchev–Trinajstić information content (AvgIpc) is 2.42. The molecular weight excluding hydrogens is 305 g/mol. The zero-order valence-electron chi connectivity index (χ0n) is 11.0. The Bertz CT molecular complexity index is 542. The zero-order chi connectivity index (χ0) is 13.8. The number of halogens is 2. The fourth-order valence-electron chi connectivity index (χ4n) is 2.09. The first kappa shape index (κ1) is 14.2. The summed E-state index contributed by atoms with van der Waals surface area (Å²) < 4.78 is 13.7. The van der Waals surface area contributed by atoms with E-state index >= 15 is 0 Å². The van der Waals surface area contributed by atoms with Crippen molar-refractivity contribution in [2.24, 2.45) is 0 Å². The highest BCUT2D eigenvalue weighted by Gasteiger charge is 2.12. The lowest BCUT2D eigenvalue weighted by molar-refractivity contribution is 0.493. The van der Waals surface area contributed by atoms with Gasteiger partial charge in [-0.3, -0.25) is 0 Å². The minimum absolute atomic E-state index is 0.159. The van der Waals surface area contributed by atoms with Gasteiger partial charge in [0.25, 0.3) is 0 Å². The van der Waals surface area contributed by atoms with Gasteiger partial charge in [0.05, 0.1) is 4.47 Å². The van der Waals surface area contributed by atoms with E-state index in [2.05, 4.69) is 47.2 Å². The summed E-state index contributed by atoms with van der Waals surface area (Å²) in [5, 5.41) is 3.52. The third-order valence-electron chi connectivity index (χ3n) is 3.24. The summed E-state index contributed by atoms with van der Waals surface area (Å²) in [6.07, 6.45) is 0. The van der Waals surface area contributed by atoms with Crippen LogP contribution in [0.3, 0.4) is 0 Å². The Balaban J connectivity index is 2.08. The Labute approximate surface area is 122 Å². The molecule has 0 radical (unpaired) electrons. The lowest BCUT2D eigenvalue weighted by atomic mass is 10.0. The maximum absolute atomic E-state index is 13.2. The molecule has 1 unspecified atom stereocenters. The van der Waals surface area contributed by atoms with Crippen LogP contribution in [-0.4, -0.2) is 0 Å². The van der Waals surface area contributed by atoms with E-state index in [1.807, 2.05) is 30.3 Å². The Morgan fingerprint density at radius 1 is 0.947 bits per heavy atom. The summed E-state index contributed by atoms with van der Waals surface area (Å²) in [5.41, 5.74) is 2.31. The summed E-state index contributed by atoms with van der Waals surface area (Å²) in [6, 6.07) is 15.8. The van der Waals surface area contributed by atoms with Gasteiger partial charge in [0, 0.05) is 12.1 Å². The molecule has 0 saturated carbocycles. The number of benzene rings is 2. The molecule has 2 aromatic rings. The highest BCUT2D eigenvalue weighted by molar-refractivity contribution is 9.10. The molecule has 0 aliphatic rings. The molecule has 0 bridgehead atoms. The van der Waals surface area contributed by atoms with Crippen LogP contribution in [-0.2, 0) is 0 Å². The first-order valence-electron chi connectivity index (χ1n) is 6.34. The van der Waals surface area contributed by atoms with Gasteiger partial charge in [-0.05, 0) is 53.0 Å². The van der Waals surface area contributed by atoms with Gasteiger partial charge in [-0.15, -0.1) is 0 Å². The van der Waals surface area contributed by atoms with Crippen molar-refractivity contribution < 1.29 is 4.39 Å². The number of rotatable bonds is 4. The molecule has 1 N–H and O–H groups in total. The number of nitrogens with one attached hydrogen (secondary N) is 1. The molecule has 1 nitrogen and oxygen atoms in total. The Hall–Kier alpha value is -1.19. The zero-order valence-corrected chi connectivity index (χ0v) is 12.6. The molecule has 0 amide bonds. The second-order valence-corrected chi connectivity index (χ2v) is 5.55. The fraction of sp³-hybridized carbons (Fsp3) is 0.250. The molecule has 2 rings (SSSR count). The van der Waals surface area contributed by atoms with Gasteiger partial charge in [-0.25, -0.2) is 4.39 Å². The quantitative estimate of drug-likeness (QED) is 0.835. The predicted octanol–water partition coefficient (Wildman–Crippen LogP) is 5.00. The van der Waals surface area contributed by atoms with Crippen molar-refractivity contribution in [2.75, 3.05) is 0 Å². The van der Waals surface area contributed by atoms with E-state index in [0.717, 1.165) is 5.56 Å². The third-order valence-corrected chi connectivity index (χ3v) is 3.85. The van der Waals surface area contributed by atoms with E-state index in [1.54, 1.807) is 0 Å². The van der Waals surface area contributed by atoms with Crippen molar-refractivity contribution >= 4 is 15.9 Å². The molecule has 100 valence electrons. The van der Waals surface area contributed by atoms with E-state index in [4.69, 9.17) is 0 Å². The number of hydrogen-bond donors (Lipinski definition) is 1. The van der Waals surface area contributed by atoms with Crippen LogP contribution >= 0.6 is 15.9 Å².